The summed E-state index contributed by atoms with van der Waals surface area (Å²) in [4.78, 5) is 13.4. The van der Waals surface area contributed by atoms with E-state index in [1.54, 1.807) is 6.26 Å². The molecule has 1 atom stereocenters. The van der Waals surface area contributed by atoms with Crippen LogP contribution in [0, 0.1) is 6.92 Å². The first-order valence-electron chi connectivity index (χ1n) is 5.01. The topological polar surface area (TPSA) is 33.5 Å². The van der Waals surface area contributed by atoms with Gasteiger partial charge in [0.2, 0.25) is 5.91 Å². The number of hydrogen-bond acceptors (Lipinski definition) is 2. The van der Waals surface area contributed by atoms with Crippen LogP contribution in [0.15, 0.2) is 16.7 Å². The van der Waals surface area contributed by atoms with Crippen molar-refractivity contribution < 1.29 is 9.21 Å². The Labute approximate surface area is 83.7 Å². The molecule has 1 saturated heterocycles. The van der Waals surface area contributed by atoms with Gasteiger partial charge in [-0.2, -0.15) is 0 Å². The molecule has 76 valence electrons. The molecule has 1 aliphatic heterocycles. The fraction of sp³-hybridized carbons (Fsp3) is 0.545. The van der Waals surface area contributed by atoms with Gasteiger partial charge in [-0.15, -0.1) is 0 Å². The van der Waals surface area contributed by atoms with Crippen molar-refractivity contribution in [2.75, 3.05) is 0 Å². The molecule has 1 unspecified atom stereocenters. The van der Waals surface area contributed by atoms with Crippen LogP contribution in [0.3, 0.4) is 0 Å². The number of likely N-dealkylation sites (tertiary alicyclic amines) is 1. The smallest absolute Gasteiger partial charge is 0.223 e. The Hall–Kier alpha value is -1.25. The third-order valence-electron chi connectivity index (χ3n) is 2.94. The molecule has 1 aromatic rings. The predicted molar refractivity (Wildman–Crippen MR) is 52.7 cm³/mol. The first-order chi connectivity index (χ1) is 6.68. The largest absolute Gasteiger partial charge is 0.469 e. The Kier molecular flexibility index (Phi) is 2.32. The lowest BCUT2D eigenvalue weighted by molar-refractivity contribution is -0.129. The molecule has 1 fully saturated rings. The molecule has 1 aliphatic rings. The quantitative estimate of drug-likeness (QED) is 0.720. The molecule has 2 rings (SSSR count). The van der Waals surface area contributed by atoms with Gasteiger partial charge in [0.15, 0.2) is 0 Å². The van der Waals surface area contributed by atoms with E-state index in [-0.39, 0.29) is 5.91 Å². The summed E-state index contributed by atoms with van der Waals surface area (Å²) >= 11 is 0. The standard InChI is InChI=1S/C11H15NO2/c1-8-3-4-11(13)12(8)7-10-5-6-14-9(10)2/h5-6,8H,3-4,7H2,1-2H3. The first kappa shape index (κ1) is 9.31. The SMILES string of the molecule is Cc1occc1CN1C(=O)CCC1C. The Morgan fingerprint density at radius 1 is 1.64 bits per heavy atom. The second-order valence-electron chi connectivity index (χ2n) is 3.91. The maximum Gasteiger partial charge on any atom is 0.223 e. The number of carbonyl (C=O) groups excluding carboxylic acids is 1. The molecule has 0 N–H and O–H groups in total. The average molecular weight is 193 g/mol. The zero-order valence-corrected chi connectivity index (χ0v) is 8.62. The minimum Gasteiger partial charge on any atom is -0.469 e. The number of furan rings is 1. The van der Waals surface area contributed by atoms with Gasteiger partial charge in [0.05, 0.1) is 6.26 Å². The van der Waals surface area contributed by atoms with Crippen LogP contribution >= 0.6 is 0 Å². The van der Waals surface area contributed by atoms with Crippen LogP contribution in [0.1, 0.15) is 31.1 Å². The van der Waals surface area contributed by atoms with Crippen LogP contribution < -0.4 is 0 Å². The number of carbonyl (C=O) groups is 1. The normalized spacial score (nSPS) is 22.0. The highest BCUT2D eigenvalue weighted by atomic mass is 16.3. The minimum absolute atomic E-state index is 0.262. The van der Waals surface area contributed by atoms with Gasteiger partial charge in [-0.25, -0.2) is 0 Å². The van der Waals surface area contributed by atoms with Gasteiger partial charge in [0.1, 0.15) is 5.76 Å². The van der Waals surface area contributed by atoms with E-state index in [1.807, 2.05) is 17.9 Å². The molecule has 1 amide bonds. The zero-order chi connectivity index (χ0) is 10.1. The molecule has 0 saturated carbocycles. The summed E-state index contributed by atoms with van der Waals surface area (Å²) in [6.45, 7) is 4.73. The minimum atomic E-state index is 0.262. The van der Waals surface area contributed by atoms with Crippen LogP contribution in [0.5, 0.6) is 0 Å². The number of amides is 1. The number of hydrogen-bond donors (Lipinski definition) is 0. The van der Waals surface area contributed by atoms with Crippen molar-refractivity contribution in [2.45, 2.75) is 39.3 Å². The molecule has 3 heteroatoms. The first-order valence-corrected chi connectivity index (χ1v) is 5.01. The highest BCUT2D eigenvalue weighted by Gasteiger charge is 2.27. The molecule has 1 aromatic heterocycles. The van der Waals surface area contributed by atoms with Gasteiger partial charge in [-0.05, 0) is 26.3 Å². The zero-order valence-electron chi connectivity index (χ0n) is 8.62. The lowest BCUT2D eigenvalue weighted by Crippen LogP contribution is -2.30. The third-order valence-corrected chi connectivity index (χ3v) is 2.94. The maximum atomic E-state index is 11.5. The predicted octanol–water partition coefficient (Wildman–Crippen LogP) is 2.10. The fourth-order valence-electron chi connectivity index (χ4n) is 1.88. The molecule has 0 aliphatic carbocycles. The highest BCUT2D eigenvalue weighted by molar-refractivity contribution is 5.78. The van der Waals surface area contributed by atoms with Crippen molar-refractivity contribution in [3.63, 3.8) is 0 Å². The van der Waals surface area contributed by atoms with Crippen molar-refractivity contribution >= 4 is 5.91 Å². The van der Waals surface area contributed by atoms with Crippen LogP contribution in [0.4, 0.5) is 0 Å². The van der Waals surface area contributed by atoms with E-state index in [1.165, 1.54) is 0 Å². The molecular weight excluding hydrogens is 178 g/mol. The van der Waals surface area contributed by atoms with Crippen molar-refractivity contribution in [3.8, 4) is 0 Å². The lowest BCUT2D eigenvalue weighted by atomic mass is 10.2. The molecule has 0 bridgehead atoms. The van der Waals surface area contributed by atoms with Crippen molar-refractivity contribution in [1.29, 1.82) is 0 Å². The van der Waals surface area contributed by atoms with E-state index in [0.717, 1.165) is 17.7 Å². The highest BCUT2D eigenvalue weighted by Crippen LogP contribution is 2.22. The van der Waals surface area contributed by atoms with Gasteiger partial charge >= 0.3 is 0 Å². The van der Waals surface area contributed by atoms with Crippen molar-refractivity contribution in [3.05, 3.63) is 23.7 Å². The average Bonchev–Trinajstić information content (AvgIpc) is 2.67. The summed E-state index contributed by atoms with van der Waals surface area (Å²) in [5.41, 5.74) is 1.12. The number of aryl methyl sites for hydroxylation is 1. The number of rotatable bonds is 2. The third kappa shape index (κ3) is 1.54. The molecule has 3 nitrogen and oxygen atoms in total. The summed E-state index contributed by atoms with van der Waals surface area (Å²) in [6.07, 6.45) is 3.35. The Balaban J connectivity index is 2.11. The van der Waals surface area contributed by atoms with E-state index in [2.05, 4.69) is 6.92 Å². The number of nitrogens with zero attached hydrogens (tertiary/aromatic N) is 1. The van der Waals surface area contributed by atoms with Gasteiger partial charge < -0.3 is 9.32 Å². The van der Waals surface area contributed by atoms with Gasteiger partial charge in [0, 0.05) is 24.6 Å². The van der Waals surface area contributed by atoms with Crippen molar-refractivity contribution in [2.24, 2.45) is 0 Å². The van der Waals surface area contributed by atoms with Gasteiger partial charge in [-0.3, -0.25) is 4.79 Å². The molecule has 0 radical (unpaired) electrons. The van der Waals surface area contributed by atoms with Crippen LogP contribution in [-0.2, 0) is 11.3 Å². The van der Waals surface area contributed by atoms with E-state index in [4.69, 9.17) is 4.42 Å². The molecular formula is C11H15NO2. The Morgan fingerprint density at radius 2 is 2.43 bits per heavy atom. The summed E-state index contributed by atoms with van der Waals surface area (Å²) in [7, 11) is 0. The maximum absolute atomic E-state index is 11.5. The monoisotopic (exact) mass is 193 g/mol. The van der Waals surface area contributed by atoms with Crippen LogP contribution in [0.2, 0.25) is 0 Å². The van der Waals surface area contributed by atoms with Gasteiger partial charge in [-0.1, -0.05) is 0 Å². The summed E-state index contributed by atoms with van der Waals surface area (Å²) in [5, 5.41) is 0. The fourth-order valence-corrected chi connectivity index (χ4v) is 1.88. The van der Waals surface area contributed by atoms with E-state index >= 15 is 0 Å². The summed E-state index contributed by atoms with van der Waals surface area (Å²) in [5.74, 6) is 1.18. The second kappa shape index (κ2) is 3.48. The van der Waals surface area contributed by atoms with E-state index in [9.17, 15) is 4.79 Å². The van der Waals surface area contributed by atoms with E-state index < -0.39 is 0 Å². The van der Waals surface area contributed by atoms with Crippen LogP contribution in [-0.4, -0.2) is 16.8 Å². The lowest BCUT2D eigenvalue weighted by Gasteiger charge is -2.20. The van der Waals surface area contributed by atoms with Crippen LogP contribution in [0.25, 0.3) is 0 Å². The second-order valence-corrected chi connectivity index (χ2v) is 3.91. The molecule has 2 heterocycles. The molecule has 0 aromatic carbocycles. The van der Waals surface area contributed by atoms with E-state index in [0.29, 0.717) is 19.0 Å². The van der Waals surface area contributed by atoms with Gasteiger partial charge in [0.25, 0.3) is 0 Å². The Morgan fingerprint density at radius 3 is 2.93 bits per heavy atom. The summed E-state index contributed by atoms with van der Waals surface area (Å²) in [6, 6.07) is 2.31. The summed E-state index contributed by atoms with van der Waals surface area (Å²) < 4.78 is 5.21. The van der Waals surface area contributed by atoms with Crippen molar-refractivity contribution in [1.82, 2.24) is 4.90 Å². The molecule has 14 heavy (non-hydrogen) atoms. The Bertz CT molecular complexity index is 343. The molecule has 0 spiro atoms.